The van der Waals surface area contributed by atoms with E-state index in [2.05, 4.69) is 34.4 Å². The van der Waals surface area contributed by atoms with Crippen molar-refractivity contribution in [1.82, 2.24) is 19.5 Å². The minimum Gasteiger partial charge on any atom is -0.383 e. The van der Waals surface area contributed by atoms with Crippen molar-refractivity contribution in [2.45, 2.75) is 52.6 Å². The molecule has 0 aliphatic rings. The summed E-state index contributed by atoms with van der Waals surface area (Å²) in [5.41, 5.74) is 8.43. The van der Waals surface area contributed by atoms with Crippen molar-refractivity contribution < 1.29 is 4.79 Å². The first-order valence-corrected chi connectivity index (χ1v) is 12.6. The number of anilines is 3. The molecule has 0 saturated heterocycles. The predicted octanol–water partition coefficient (Wildman–Crippen LogP) is 4.68. The van der Waals surface area contributed by atoms with E-state index in [0.717, 1.165) is 12.8 Å². The zero-order valence-electron chi connectivity index (χ0n) is 21.9. The van der Waals surface area contributed by atoms with Crippen LogP contribution in [0.25, 0.3) is 10.9 Å². The molecule has 10 heteroatoms. The Morgan fingerprint density at radius 2 is 1.76 bits per heavy atom. The topological polar surface area (TPSA) is 152 Å². The number of para-hydroxylation sites is 1. The van der Waals surface area contributed by atoms with Crippen LogP contribution >= 0.6 is 0 Å². The van der Waals surface area contributed by atoms with E-state index >= 15 is 0 Å². The summed E-state index contributed by atoms with van der Waals surface area (Å²) < 4.78 is 1.77. The second-order valence-corrected chi connectivity index (χ2v) is 9.11. The van der Waals surface area contributed by atoms with E-state index in [-0.39, 0.29) is 29.0 Å². The molecule has 1 amide bonds. The molecule has 38 heavy (non-hydrogen) atoms. The number of hydrogen-bond acceptors (Lipinski definition) is 8. The lowest BCUT2D eigenvalue weighted by molar-refractivity contribution is -0.114. The molecule has 0 radical (unpaired) electrons. The van der Waals surface area contributed by atoms with Gasteiger partial charge in [0.2, 0.25) is 5.91 Å². The average Bonchev–Trinajstić information content (AvgIpc) is 2.90. The summed E-state index contributed by atoms with van der Waals surface area (Å²) in [6.45, 7) is 7.45. The number of fused-ring (bicyclic) bond motifs is 1. The van der Waals surface area contributed by atoms with Crippen molar-refractivity contribution in [3.05, 3.63) is 82.2 Å². The summed E-state index contributed by atoms with van der Waals surface area (Å²) in [6.07, 6.45) is 2.89. The number of nitrogens with zero attached hydrogens (tertiary/aromatic N) is 4. The summed E-state index contributed by atoms with van der Waals surface area (Å²) in [5, 5.41) is 15.5. The fourth-order valence-corrected chi connectivity index (χ4v) is 4.57. The van der Waals surface area contributed by atoms with Gasteiger partial charge in [0.1, 0.15) is 23.8 Å². The Morgan fingerprint density at radius 3 is 2.42 bits per heavy atom. The molecule has 10 nitrogen and oxygen atoms in total. The van der Waals surface area contributed by atoms with Gasteiger partial charge in [0.05, 0.1) is 28.2 Å². The van der Waals surface area contributed by atoms with Gasteiger partial charge in [-0.05, 0) is 44.0 Å². The zero-order chi connectivity index (χ0) is 27.4. The van der Waals surface area contributed by atoms with E-state index in [1.807, 2.05) is 25.1 Å². The number of hydrogen-bond donors (Lipinski definition) is 4. The van der Waals surface area contributed by atoms with Crippen molar-refractivity contribution in [3.8, 4) is 0 Å². The summed E-state index contributed by atoms with van der Waals surface area (Å²) in [4.78, 5) is 38.3. The van der Waals surface area contributed by atoms with Gasteiger partial charge in [-0.2, -0.15) is 0 Å². The first-order valence-electron chi connectivity index (χ1n) is 12.6. The fourth-order valence-electron chi connectivity index (χ4n) is 4.57. The Morgan fingerprint density at radius 1 is 1.08 bits per heavy atom. The van der Waals surface area contributed by atoms with Crippen LogP contribution in [-0.4, -0.2) is 31.1 Å². The standard InChI is InChI=1S/C28H32N8O2/c1-5-20(6-2)36-27(35-22-10-8-7-9-21(22)28(36)38)16(3)33-26-23(25(30)31-15-32-26)24(29)18-11-13-19(14-12-18)34-17(4)37/h7-16,20,29H,5-6H2,1-4H3,(H,34,37)(H3,30,31,32,33). The van der Waals surface area contributed by atoms with Crippen LogP contribution in [0.1, 0.15) is 69.6 Å². The number of amides is 1. The van der Waals surface area contributed by atoms with Crippen molar-refractivity contribution in [1.29, 1.82) is 5.41 Å². The Balaban J connectivity index is 1.75. The molecule has 1 atom stereocenters. The molecular weight excluding hydrogens is 480 g/mol. The summed E-state index contributed by atoms with van der Waals surface area (Å²) in [6, 6.07) is 13.8. The Hall–Kier alpha value is -4.60. The zero-order valence-corrected chi connectivity index (χ0v) is 21.9. The first kappa shape index (κ1) is 26.5. The van der Waals surface area contributed by atoms with E-state index in [0.29, 0.717) is 39.4 Å². The maximum Gasteiger partial charge on any atom is 0.261 e. The molecule has 5 N–H and O–H groups in total. The lowest BCUT2D eigenvalue weighted by Crippen LogP contribution is -2.31. The maximum atomic E-state index is 13.6. The highest BCUT2D eigenvalue weighted by atomic mass is 16.1. The van der Waals surface area contributed by atoms with Crippen LogP contribution in [0, 0.1) is 5.41 Å². The predicted molar refractivity (Wildman–Crippen MR) is 151 cm³/mol. The molecular formula is C28H32N8O2. The lowest BCUT2D eigenvalue weighted by atomic mass is 10.0. The summed E-state index contributed by atoms with van der Waals surface area (Å²) in [5.74, 6) is 0.911. The molecule has 196 valence electrons. The van der Waals surface area contributed by atoms with E-state index in [9.17, 15) is 9.59 Å². The third-order valence-electron chi connectivity index (χ3n) is 6.50. The monoisotopic (exact) mass is 512 g/mol. The smallest absolute Gasteiger partial charge is 0.261 e. The highest BCUT2D eigenvalue weighted by Crippen LogP contribution is 2.28. The van der Waals surface area contributed by atoms with Gasteiger partial charge in [0.15, 0.2) is 0 Å². The first-order chi connectivity index (χ1) is 18.2. The van der Waals surface area contributed by atoms with E-state index in [1.54, 1.807) is 34.9 Å². The van der Waals surface area contributed by atoms with Gasteiger partial charge >= 0.3 is 0 Å². The van der Waals surface area contributed by atoms with Gasteiger partial charge in [0.25, 0.3) is 5.56 Å². The molecule has 0 fully saturated rings. The van der Waals surface area contributed by atoms with Gasteiger partial charge in [-0.15, -0.1) is 0 Å². The van der Waals surface area contributed by atoms with Gasteiger partial charge < -0.3 is 16.4 Å². The molecule has 0 bridgehead atoms. The Kier molecular flexibility index (Phi) is 7.80. The molecule has 0 aliphatic heterocycles. The summed E-state index contributed by atoms with van der Waals surface area (Å²) in [7, 11) is 0. The van der Waals surface area contributed by atoms with E-state index in [4.69, 9.17) is 16.1 Å². The van der Waals surface area contributed by atoms with Crippen LogP contribution in [0.15, 0.2) is 59.7 Å². The third kappa shape index (κ3) is 5.24. The highest BCUT2D eigenvalue weighted by Gasteiger charge is 2.24. The Bertz CT molecular complexity index is 1540. The number of benzene rings is 2. The van der Waals surface area contributed by atoms with Gasteiger partial charge in [-0.25, -0.2) is 15.0 Å². The second kappa shape index (κ2) is 11.2. The number of carbonyl (C=O) groups is 1. The second-order valence-electron chi connectivity index (χ2n) is 9.11. The minimum absolute atomic E-state index is 0.0192. The van der Waals surface area contributed by atoms with Crippen LogP contribution in [0.2, 0.25) is 0 Å². The molecule has 2 heterocycles. The average molecular weight is 513 g/mol. The van der Waals surface area contributed by atoms with E-state index in [1.165, 1.54) is 13.3 Å². The Labute approximate surface area is 220 Å². The van der Waals surface area contributed by atoms with Crippen LogP contribution in [-0.2, 0) is 4.79 Å². The largest absolute Gasteiger partial charge is 0.383 e. The third-order valence-corrected chi connectivity index (χ3v) is 6.50. The van der Waals surface area contributed by atoms with Crippen LogP contribution < -0.4 is 21.9 Å². The maximum absolute atomic E-state index is 13.6. The molecule has 2 aromatic heterocycles. The number of nitrogens with two attached hydrogens (primary N) is 1. The normalized spacial score (nSPS) is 11.9. The van der Waals surface area contributed by atoms with Gasteiger partial charge in [-0.1, -0.05) is 38.1 Å². The number of aromatic nitrogens is 4. The van der Waals surface area contributed by atoms with Crippen LogP contribution in [0.3, 0.4) is 0 Å². The molecule has 1 unspecified atom stereocenters. The number of carbonyl (C=O) groups excluding carboxylic acids is 1. The highest BCUT2D eigenvalue weighted by molar-refractivity contribution is 6.16. The van der Waals surface area contributed by atoms with Crippen molar-refractivity contribution in [3.63, 3.8) is 0 Å². The van der Waals surface area contributed by atoms with E-state index < -0.39 is 6.04 Å². The molecule has 0 aliphatic carbocycles. The minimum atomic E-state index is -0.434. The van der Waals surface area contributed by atoms with Gasteiger partial charge in [-0.3, -0.25) is 19.6 Å². The van der Waals surface area contributed by atoms with Crippen LogP contribution in [0.5, 0.6) is 0 Å². The lowest BCUT2D eigenvalue weighted by Gasteiger charge is -2.25. The van der Waals surface area contributed by atoms with Crippen molar-refractivity contribution in [2.24, 2.45) is 0 Å². The molecule has 0 spiro atoms. The van der Waals surface area contributed by atoms with Crippen molar-refractivity contribution >= 4 is 39.8 Å². The molecule has 4 aromatic rings. The fraction of sp³-hybridized carbons (Fsp3) is 0.286. The molecule has 0 saturated carbocycles. The van der Waals surface area contributed by atoms with Crippen LogP contribution in [0.4, 0.5) is 17.3 Å². The summed E-state index contributed by atoms with van der Waals surface area (Å²) >= 11 is 0. The molecule has 2 aromatic carbocycles. The number of rotatable bonds is 9. The SMILES string of the molecule is CCC(CC)n1c(C(C)Nc2ncnc(N)c2C(=N)c2ccc(NC(C)=O)cc2)nc2ccccc2c1=O. The van der Waals surface area contributed by atoms with Crippen molar-refractivity contribution in [2.75, 3.05) is 16.4 Å². The quantitative estimate of drug-likeness (QED) is 0.238. The van der Waals surface area contributed by atoms with Gasteiger partial charge in [0, 0.05) is 24.2 Å². The number of nitrogens with one attached hydrogen (secondary N) is 3. The molecule has 4 rings (SSSR count). The number of nitrogen functional groups attached to an aromatic ring is 1.